The molecule has 0 nitrogen and oxygen atoms in total. The lowest BCUT2D eigenvalue weighted by molar-refractivity contribution is 1.12. The lowest BCUT2D eigenvalue weighted by Gasteiger charge is -1.91. The molecule has 0 N–H and O–H groups in total. The first-order valence-corrected chi connectivity index (χ1v) is 3.16. The van der Waals surface area contributed by atoms with E-state index in [-0.39, 0.29) is 0 Å². The van der Waals surface area contributed by atoms with Gasteiger partial charge < -0.3 is 0 Å². The van der Waals surface area contributed by atoms with E-state index >= 15 is 0 Å². The standard InChI is InChI=1S/C5H8Cl2/c1-5(4-7)2-3-6/h1-4H2. The van der Waals surface area contributed by atoms with E-state index in [1.54, 1.807) is 0 Å². The van der Waals surface area contributed by atoms with Crippen LogP contribution in [0.1, 0.15) is 6.42 Å². The molecule has 0 radical (unpaired) electrons. The Morgan fingerprint density at radius 2 is 2.00 bits per heavy atom. The summed E-state index contributed by atoms with van der Waals surface area (Å²) < 4.78 is 0. The van der Waals surface area contributed by atoms with Crippen LogP contribution in [0.3, 0.4) is 0 Å². The Kier molecular flexibility index (Phi) is 4.68. The van der Waals surface area contributed by atoms with Gasteiger partial charge in [0.2, 0.25) is 0 Å². The molecule has 42 valence electrons. The van der Waals surface area contributed by atoms with Crippen molar-refractivity contribution in [1.29, 1.82) is 0 Å². The third-order valence-corrected chi connectivity index (χ3v) is 1.20. The zero-order valence-corrected chi connectivity index (χ0v) is 5.60. The summed E-state index contributed by atoms with van der Waals surface area (Å²) in [5, 5.41) is 0. The van der Waals surface area contributed by atoms with Crippen LogP contribution < -0.4 is 0 Å². The van der Waals surface area contributed by atoms with Crippen LogP contribution in [-0.4, -0.2) is 11.8 Å². The molecular formula is C5H8Cl2. The minimum atomic E-state index is 0.534. The molecule has 0 aromatic carbocycles. The summed E-state index contributed by atoms with van der Waals surface area (Å²) in [5.41, 5.74) is 1.01. The fraction of sp³-hybridized carbons (Fsp3) is 0.600. The van der Waals surface area contributed by atoms with Crippen LogP contribution in [0.5, 0.6) is 0 Å². The Balaban J connectivity index is 3.00. The molecule has 0 aliphatic rings. The summed E-state index contributed by atoms with van der Waals surface area (Å²) in [6.45, 7) is 3.65. The smallest absolute Gasteiger partial charge is 0.0431 e. The van der Waals surface area contributed by atoms with Gasteiger partial charge in [-0.3, -0.25) is 0 Å². The van der Waals surface area contributed by atoms with Gasteiger partial charge in [-0.25, -0.2) is 0 Å². The molecule has 0 unspecified atom stereocenters. The van der Waals surface area contributed by atoms with E-state index in [1.807, 2.05) is 0 Å². The van der Waals surface area contributed by atoms with Crippen molar-refractivity contribution >= 4 is 23.2 Å². The molecule has 0 heterocycles. The Labute approximate surface area is 54.1 Å². The number of hydrogen-bond donors (Lipinski definition) is 0. The maximum atomic E-state index is 5.37. The number of halogens is 2. The van der Waals surface area contributed by atoms with E-state index in [9.17, 15) is 0 Å². The fourth-order valence-electron chi connectivity index (χ4n) is 0.200. The van der Waals surface area contributed by atoms with Gasteiger partial charge in [-0.2, -0.15) is 0 Å². The van der Waals surface area contributed by atoms with Crippen LogP contribution in [0.25, 0.3) is 0 Å². The van der Waals surface area contributed by atoms with Crippen LogP contribution in [0, 0.1) is 0 Å². The van der Waals surface area contributed by atoms with Gasteiger partial charge in [-0.15, -0.1) is 23.2 Å². The maximum absolute atomic E-state index is 5.37. The molecule has 0 atom stereocenters. The van der Waals surface area contributed by atoms with Crippen molar-refractivity contribution in [3.8, 4) is 0 Å². The molecule has 0 aromatic heterocycles. The van der Waals surface area contributed by atoms with Crippen LogP contribution in [0.4, 0.5) is 0 Å². The zero-order valence-electron chi connectivity index (χ0n) is 4.08. The van der Waals surface area contributed by atoms with Crippen LogP contribution >= 0.6 is 23.2 Å². The lowest BCUT2D eigenvalue weighted by Crippen LogP contribution is -1.81. The van der Waals surface area contributed by atoms with E-state index in [0.717, 1.165) is 12.0 Å². The van der Waals surface area contributed by atoms with Crippen LogP contribution in [-0.2, 0) is 0 Å². The second kappa shape index (κ2) is 4.48. The van der Waals surface area contributed by atoms with E-state index in [1.165, 1.54) is 0 Å². The first-order valence-electron chi connectivity index (χ1n) is 2.10. The molecule has 0 spiro atoms. The molecule has 2 heteroatoms. The number of hydrogen-bond acceptors (Lipinski definition) is 0. The second-order valence-electron chi connectivity index (χ2n) is 1.32. The molecule has 0 fully saturated rings. The average Bonchev–Trinajstić information content (AvgIpc) is 1.68. The third kappa shape index (κ3) is 4.17. The third-order valence-electron chi connectivity index (χ3n) is 0.637. The average molecular weight is 139 g/mol. The van der Waals surface area contributed by atoms with Crippen molar-refractivity contribution in [2.24, 2.45) is 0 Å². The second-order valence-corrected chi connectivity index (χ2v) is 1.97. The Hall–Kier alpha value is 0.320. The van der Waals surface area contributed by atoms with E-state index in [4.69, 9.17) is 23.2 Å². The molecule has 0 saturated carbocycles. The van der Waals surface area contributed by atoms with Gasteiger partial charge in [0.15, 0.2) is 0 Å². The van der Waals surface area contributed by atoms with Crippen LogP contribution in [0.2, 0.25) is 0 Å². The number of alkyl halides is 2. The van der Waals surface area contributed by atoms with Gasteiger partial charge in [-0.1, -0.05) is 12.2 Å². The molecule has 0 aliphatic heterocycles. The Morgan fingerprint density at radius 1 is 1.43 bits per heavy atom. The normalized spacial score (nSPS) is 8.86. The van der Waals surface area contributed by atoms with Gasteiger partial charge in [-0.05, 0) is 6.42 Å². The van der Waals surface area contributed by atoms with Gasteiger partial charge in [0.1, 0.15) is 0 Å². The highest BCUT2D eigenvalue weighted by molar-refractivity contribution is 6.20. The quantitative estimate of drug-likeness (QED) is 0.416. The van der Waals surface area contributed by atoms with Crippen molar-refractivity contribution in [2.45, 2.75) is 6.42 Å². The molecule has 0 amide bonds. The van der Waals surface area contributed by atoms with Gasteiger partial charge >= 0.3 is 0 Å². The minimum absolute atomic E-state index is 0.534. The lowest BCUT2D eigenvalue weighted by atomic mass is 10.3. The van der Waals surface area contributed by atoms with Gasteiger partial charge in [0.05, 0.1) is 0 Å². The summed E-state index contributed by atoms with van der Waals surface area (Å²) >= 11 is 10.7. The van der Waals surface area contributed by atoms with Crippen molar-refractivity contribution in [3.63, 3.8) is 0 Å². The fourth-order valence-corrected chi connectivity index (χ4v) is 0.601. The zero-order chi connectivity index (χ0) is 5.70. The topological polar surface area (TPSA) is 0 Å². The summed E-state index contributed by atoms with van der Waals surface area (Å²) in [4.78, 5) is 0. The van der Waals surface area contributed by atoms with Crippen molar-refractivity contribution in [2.75, 3.05) is 11.8 Å². The van der Waals surface area contributed by atoms with Crippen molar-refractivity contribution < 1.29 is 0 Å². The van der Waals surface area contributed by atoms with Gasteiger partial charge in [0, 0.05) is 11.8 Å². The molecule has 0 aromatic rings. The Bertz CT molecular complexity index is 59.1. The predicted octanol–water partition coefficient (Wildman–Crippen LogP) is 2.41. The van der Waals surface area contributed by atoms with Crippen molar-refractivity contribution in [1.82, 2.24) is 0 Å². The van der Waals surface area contributed by atoms with E-state index in [0.29, 0.717) is 11.8 Å². The highest BCUT2D eigenvalue weighted by Gasteiger charge is 1.86. The predicted molar refractivity (Wildman–Crippen MR) is 35.2 cm³/mol. The largest absolute Gasteiger partial charge is 0.126 e. The number of allylic oxidation sites excluding steroid dienone is 1. The maximum Gasteiger partial charge on any atom is 0.0431 e. The van der Waals surface area contributed by atoms with Gasteiger partial charge in [0.25, 0.3) is 0 Å². The van der Waals surface area contributed by atoms with Crippen LogP contribution in [0.15, 0.2) is 12.2 Å². The first-order chi connectivity index (χ1) is 3.31. The summed E-state index contributed by atoms with van der Waals surface area (Å²) in [5.74, 6) is 1.16. The first kappa shape index (κ1) is 7.32. The molecule has 0 aliphatic carbocycles. The summed E-state index contributed by atoms with van der Waals surface area (Å²) in [6, 6.07) is 0. The molecule has 0 rings (SSSR count). The summed E-state index contributed by atoms with van der Waals surface area (Å²) in [7, 11) is 0. The van der Waals surface area contributed by atoms with E-state index < -0.39 is 0 Å². The Morgan fingerprint density at radius 3 is 2.14 bits per heavy atom. The summed E-state index contributed by atoms with van der Waals surface area (Å²) in [6.07, 6.45) is 0.838. The monoisotopic (exact) mass is 138 g/mol. The molecular weight excluding hydrogens is 131 g/mol. The van der Waals surface area contributed by atoms with E-state index in [2.05, 4.69) is 6.58 Å². The molecule has 0 bridgehead atoms. The molecule has 7 heavy (non-hydrogen) atoms. The van der Waals surface area contributed by atoms with Crippen molar-refractivity contribution in [3.05, 3.63) is 12.2 Å². The molecule has 0 saturated heterocycles. The highest BCUT2D eigenvalue weighted by atomic mass is 35.5. The highest BCUT2D eigenvalue weighted by Crippen LogP contribution is 2.00. The minimum Gasteiger partial charge on any atom is -0.126 e. The SMILES string of the molecule is C=C(CCl)CCCl. The number of rotatable bonds is 3.